The van der Waals surface area contributed by atoms with Gasteiger partial charge in [0.2, 0.25) is 5.91 Å². The number of amides is 1. The van der Waals surface area contributed by atoms with Gasteiger partial charge in [-0.15, -0.1) is 0 Å². The maximum Gasteiger partial charge on any atom is 0.218 e. The number of hydrogen-bond acceptors (Lipinski definition) is 4. The average Bonchev–Trinajstić information content (AvgIpc) is 2.29. The van der Waals surface area contributed by atoms with Crippen molar-refractivity contribution in [1.82, 2.24) is 0 Å². The third-order valence-corrected chi connectivity index (χ3v) is 2.73. The Morgan fingerprint density at radius 2 is 2.29 bits per heavy atom. The monoisotopic (exact) mass is 199 g/mol. The van der Waals surface area contributed by atoms with Crippen LogP contribution in [0.25, 0.3) is 0 Å². The first-order valence-corrected chi connectivity index (χ1v) is 4.40. The Balaban J connectivity index is 2.81. The molecule has 1 aliphatic rings. The molecule has 0 bridgehead atoms. The zero-order valence-corrected chi connectivity index (χ0v) is 8.01. The van der Waals surface area contributed by atoms with Gasteiger partial charge in [0.25, 0.3) is 0 Å². The van der Waals surface area contributed by atoms with Crippen LogP contribution in [0.2, 0.25) is 0 Å². The van der Waals surface area contributed by atoms with E-state index in [9.17, 15) is 9.90 Å². The van der Waals surface area contributed by atoms with E-state index in [4.69, 9.17) is 23.4 Å². The predicted molar refractivity (Wildman–Crippen MR) is 49.4 cm³/mol. The Morgan fingerprint density at radius 1 is 1.71 bits per heavy atom. The average molecular weight is 199 g/mol. The number of carbonyl (C=O) groups is 1. The summed E-state index contributed by atoms with van der Waals surface area (Å²) in [5, 5.41) is 18.6. The van der Waals surface area contributed by atoms with Crippen molar-refractivity contribution < 1.29 is 19.7 Å². The zero-order chi connectivity index (χ0) is 10.9. The molecule has 0 aromatic heterocycles. The molecule has 0 saturated carbocycles. The Kier molecular flexibility index (Phi) is 3.19. The SMILES string of the molecule is [B]C1OC(CO)C(O)C1(C)CC(N)=O. The van der Waals surface area contributed by atoms with E-state index in [2.05, 4.69) is 0 Å². The minimum absolute atomic E-state index is 0.0637. The van der Waals surface area contributed by atoms with Gasteiger partial charge in [-0.2, -0.15) is 0 Å². The predicted octanol–water partition coefficient (Wildman–Crippen LogP) is -1.89. The Labute approximate surface area is 83.6 Å². The molecule has 2 radical (unpaired) electrons. The lowest BCUT2D eigenvalue weighted by Crippen LogP contribution is -2.42. The summed E-state index contributed by atoms with van der Waals surface area (Å²) in [6.07, 6.45) is -1.78. The summed E-state index contributed by atoms with van der Waals surface area (Å²) >= 11 is 0. The van der Waals surface area contributed by atoms with Gasteiger partial charge in [0.15, 0.2) is 0 Å². The molecule has 0 spiro atoms. The molecule has 5 nitrogen and oxygen atoms in total. The lowest BCUT2D eigenvalue weighted by atomic mass is 9.69. The molecule has 4 N–H and O–H groups in total. The molecule has 6 heteroatoms. The lowest BCUT2D eigenvalue weighted by Gasteiger charge is -2.29. The van der Waals surface area contributed by atoms with Crippen LogP contribution in [0.4, 0.5) is 0 Å². The van der Waals surface area contributed by atoms with Crippen LogP contribution in [-0.2, 0) is 9.53 Å². The summed E-state index contributed by atoms with van der Waals surface area (Å²) < 4.78 is 5.11. The lowest BCUT2D eigenvalue weighted by molar-refractivity contribution is -0.121. The number of aliphatic hydroxyl groups is 2. The third-order valence-electron chi connectivity index (χ3n) is 2.73. The summed E-state index contributed by atoms with van der Waals surface area (Å²) in [4.78, 5) is 10.8. The summed E-state index contributed by atoms with van der Waals surface area (Å²) in [7, 11) is 5.62. The Bertz CT molecular complexity index is 237. The van der Waals surface area contributed by atoms with Crippen molar-refractivity contribution in [2.24, 2.45) is 11.1 Å². The minimum Gasteiger partial charge on any atom is -0.394 e. The third kappa shape index (κ3) is 1.77. The highest BCUT2D eigenvalue weighted by Crippen LogP contribution is 2.39. The summed E-state index contributed by atoms with van der Waals surface area (Å²) in [6.45, 7) is 1.28. The number of ether oxygens (including phenoxy) is 1. The van der Waals surface area contributed by atoms with Crippen LogP contribution in [-0.4, -0.2) is 48.8 Å². The summed E-state index contributed by atoms with van der Waals surface area (Å²) in [5.74, 6) is -0.552. The Morgan fingerprint density at radius 3 is 2.64 bits per heavy atom. The van der Waals surface area contributed by atoms with E-state index in [-0.39, 0.29) is 13.0 Å². The summed E-state index contributed by atoms with van der Waals surface area (Å²) in [6, 6.07) is -0.790. The second-order valence-corrected chi connectivity index (χ2v) is 3.87. The van der Waals surface area contributed by atoms with Gasteiger partial charge >= 0.3 is 0 Å². The van der Waals surface area contributed by atoms with Crippen LogP contribution in [0.5, 0.6) is 0 Å². The van der Waals surface area contributed by atoms with Gasteiger partial charge in [-0.1, -0.05) is 6.92 Å². The van der Waals surface area contributed by atoms with Crippen molar-refractivity contribution in [1.29, 1.82) is 0 Å². The molecule has 0 aliphatic carbocycles. The van der Waals surface area contributed by atoms with Crippen molar-refractivity contribution in [2.75, 3.05) is 6.61 Å². The highest BCUT2D eigenvalue weighted by molar-refractivity contribution is 6.12. The largest absolute Gasteiger partial charge is 0.394 e. The quantitative estimate of drug-likeness (QED) is 0.463. The van der Waals surface area contributed by atoms with Crippen molar-refractivity contribution >= 4 is 13.8 Å². The van der Waals surface area contributed by atoms with E-state index in [0.29, 0.717) is 0 Å². The number of aliphatic hydroxyl groups excluding tert-OH is 2. The topological polar surface area (TPSA) is 92.8 Å². The van der Waals surface area contributed by atoms with Crippen molar-refractivity contribution in [2.45, 2.75) is 31.6 Å². The smallest absolute Gasteiger partial charge is 0.218 e. The highest BCUT2D eigenvalue weighted by Gasteiger charge is 2.50. The fourth-order valence-electron chi connectivity index (χ4n) is 1.73. The molecular weight excluding hydrogens is 185 g/mol. The molecule has 78 valence electrons. The highest BCUT2D eigenvalue weighted by atomic mass is 16.5. The molecule has 1 aliphatic heterocycles. The fraction of sp³-hybridized carbons (Fsp3) is 0.875. The molecule has 0 aromatic rings. The molecule has 1 fully saturated rings. The maximum atomic E-state index is 10.8. The first kappa shape index (κ1) is 11.5. The van der Waals surface area contributed by atoms with Crippen LogP contribution < -0.4 is 5.73 Å². The molecule has 1 saturated heterocycles. The van der Waals surface area contributed by atoms with E-state index in [1.165, 1.54) is 0 Å². The number of carbonyl (C=O) groups excluding carboxylic acids is 1. The number of rotatable bonds is 3. The molecule has 1 heterocycles. The number of primary amides is 1. The Hall–Kier alpha value is -0.585. The van der Waals surface area contributed by atoms with Gasteiger partial charge in [0.05, 0.1) is 12.7 Å². The van der Waals surface area contributed by atoms with E-state index < -0.39 is 29.5 Å². The van der Waals surface area contributed by atoms with Crippen molar-refractivity contribution in [3.05, 3.63) is 0 Å². The number of hydrogen-bond donors (Lipinski definition) is 3. The number of nitrogens with two attached hydrogens (primary N) is 1. The summed E-state index contributed by atoms with van der Waals surface area (Å²) in [5.41, 5.74) is 4.13. The first-order chi connectivity index (χ1) is 6.41. The van der Waals surface area contributed by atoms with Gasteiger partial charge in [0, 0.05) is 17.8 Å². The van der Waals surface area contributed by atoms with E-state index in [1.54, 1.807) is 6.92 Å². The molecule has 1 rings (SSSR count). The van der Waals surface area contributed by atoms with Gasteiger partial charge in [-0.05, 0) is 0 Å². The van der Waals surface area contributed by atoms with E-state index in [1.807, 2.05) is 0 Å². The molecule has 0 aromatic carbocycles. The van der Waals surface area contributed by atoms with Crippen molar-refractivity contribution in [3.63, 3.8) is 0 Å². The van der Waals surface area contributed by atoms with Crippen LogP contribution in [0.3, 0.4) is 0 Å². The van der Waals surface area contributed by atoms with Gasteiger partial charge in [-0.25, -0.2) is 0 Å². The molecule has 4 atom stereocenters. The molecular formula is C8H14BNO4. The molecule has 4 unspecified atom stereocenters. The molecule has 1 amide bonds. The normalized spacial score (nSPS) is 42.6. The van der Waals surface area contributed by atoms with Gasteiger partial charge < -0.3 is 20.7 Å². The van der Waals surface area contributed by atoms with E-state index in [0.717, 1.165) is 0 Å². The first-order valence-electron chi connectivity index (χ1n) is 4.40. The van der Waals surface area contributed by atoms with Gasteiger partial charge in [0.1, 0.15) is 14.0 Å². The van der Waals surface area contributed by atoms with Crippen LogP contribution >= 0.6 is 0 Å². The van der Waals surface area contributed by atoms with Gasteiger partial charge in [-0.3, -0.25) is 4.79 Å². The van der Waals surface area contributed by atoms with Crippen molar-refractivity contribution in [3.8, 4) is 0 Å². The van der Waals surface area contributed by atoms with Crippen LogP contribution in [0, 0.1) is 5.41 Å². The zero-order valence-electron chi connectivity index (χ0n) is 8.01. The molecule has 14 heavy (non-hydrogen) atoms. The van der Waals surface area contributed by atoms with Crippen LogP contribution in [0.15, 0.2) is 0 Å². The standard InChI is InChI=1S/C8H14BNO4/c1-8(2-5(10)12)6(13)4(3-11)14-7(8)9/h4,6-7,11,13H,2-3H2,1H3,(H2,10,12). The fourth-order valence-corrected chi connectivity index (χ4v) is 1.73. The second kappa shape index (κ2) is 3.88. The minimum atomic E-state index is -0.977. The maximum absolute atomic E-state index is 10.8. The second-order valence-electron chi connectivity index (χ2n) is 3.87. The van der Waals surface area contributed by atoms with E-state index >= 15 is 0 Å². The van der Waals surface area contributed by atoms with Crippen LogP contribution in [0.1, 0.15) is 13.3 Å².